The lowest BCUT2D eigenvalue weighted by Crippen LogP contribution is -2.15. The van der Waals surface area contributed by atoms with Crippen LogP contribution in [0.25, 0.3) is 87.6 Å². The fourth-order valence-corrected chi connectivity index (χ4v) is 8.96. The molecule has 0 saturated heterocycles. The second kappa shape index (κ2) is 10.5. The highest BCUT2D eigenvalue weighted by Gasteiger charge is 2.37. The maximum Gasteiger partial charge on any atom is 0.0165 e. The third-order valence-corrected chi connectivity index (χ3v) is 11.0. The first-order valence-corrected chi connectivity index (χ1v) is 17.3. The monoisotopic (exact) mass is 622 g/mol. The topological polar surface area (TPSA) is 0 Å². The molecule has 9 aromatic rings. The van der Waals surface area contributed by atoms with E-state index in [1.165, 1.54) is 98.7 Å². The molecule has 49 heavy (non-hydrogen) atoms. The Morgan fingerprint density at radius 2 is 0.735 bits per heavy atom. The Balaban J connectivity index is 1.33. The van der Waals surface area contributed by atoms with Crippen molar-refractivity contribution in [2.24, 2.45) is 0 Å². The molecule has 0 unspecified atom stereocenters. The van der Waals surface area contributed by atoms with Crippen molar-refractivity contribution in [3.63, 3.8) is 0 Å². The molecule has 0 spiro atoms. The molecule has 0 aromatic heterocycles. The van der Waals surface area contributed by atoms with E-state index in [9.17, 15) is 0 Å². The summed E-state index contributed by atoms with van der Waals surface area (Å²) in [5, 5.41) is 10.3. The van der Waals surface area contributed by atoms with E-state index in [0.717, 1.165) is 0 Å². The molecule has 0 amide bonds. The predicted molar refractivity (Wildman–Crippen MR) is 210 cm³/mol. The molecule has 1 aliphatic rings. The van der Waals surface area contributed by atoms with Gasteiger partial charge in [-0.05, 0) is 105 Å². The van der Waals surface area contributed by atoms with Gasteiger partial charge in [-0.3, -0.25) is 0 Å². The quantitative estimate of drug-likeness (QED) is 0.172. The minimum absolute atomic E-state index is 0.0784. The van der Waals surface area contributed by atoms with Gasteiger partial charge in [-0.2, -0.15) is 0 Å². The molecule has 0 radical (unpaired) electrons. The first-order chi connectivity index (χ1) is 24.1. The summed E-state index contributed by atoms with van der Waals surface area (Å²) in [6.45, 7) is 4.77. The van der Waals surface area contributed by atoms with Crippen LogP contribution in [0.4, 0.5) is 0 Å². The van der Waals surface area contributed by atoms with Gasteiger partial charge in [-0.25, -0.2) is 0 Å². The third-order valence-electron chi connectivity index (χ3n) is 11.0. The first kappa shape index (κ1) is 28.1. The molecular formula is C49H34. The summed E-state index contributed by atoms with van der Waals surface area (Å²) in [5.74, 6) is 0. The Hall–Kier alpha value is -5.98. The number of rotatable bonds is 3. The lowest BCUT2D eigenvalue weighted by molar-refractivity contribution is 0.666. The van der Waals surface area contributed by atoms with Crippen LogP contribution in [0.3, 0.4) is 0 Å². The fraction of sp³-hybridized carbons (Fsp3) is 0.0612. The summed E-state index contributed by atoms with van der Waals surface area (Å²) in [4.78, 5) is 0. The Labute approximate surface area is 286 Å². The molecule has 9 aromatic carbocycles. The van der Waals surface area contributed by atoms with E-state index in [-0.39, 0.29) is 5.41 Å². The van der Waals surface area contributed by atoms with Gasteiger partial charge in [0.15, 0.2) is 0 Å². The fourth-order valence-electron chi connectivity index (χ4n) is 8.96. The normalized spacial score (nSPS) is 13.3. The molecule has 0 aliphatic heterocycles. The van der Waals surface area contributed by atoms with Crippen molar-refractivity contribution in [3.8, 4) is 44.5 Å². The maximum atomic E-state index is 2.50. The zero-order chi connectivity index (χ0) is 32.7. The van der Waals surface area contributed by atoms with Crippen molar-refractivity contribution in [2.45, 2.75) is 19.3 Å². The van der Waals surface area contributed by atoms with Crippen molar-refractivity contribution < 1.29 is 0 Å². The summed E-state index contributed by atoms with van der Waals surface area (Å²) in [6, 6.07) is 63.0. The van der Waals surface area contributed by atoms with Gasteiger partial charge in [-0.15, -0.1) is 0 Å². The van der Waals surface area contributed by atoms with Crippen molar-refractivity contribution in [3.05, 3.63) is 181 Å². The lowest BCUT2D eigenvalue weighted by atomic mass is 9.78. The van der Waals surface area contributed by atoms with E-state index in [4.69, 9.17) is 0 Å². The smallest absolute Gasteiger partial charge is 0.0165 e. The van der Waals surface area contributed by atoms with E-state index < -0.39 is 0 Å². The summed E-state index contributed by atoms with van der Waals surface area (Å²) >= 11 is 0. The van der Waals surface area contributed by atoms with Gasteiger partial charge < -0.3 is 0 Å². The van der Waals surface area contributed by atoms with E-state index in [0.29, 0.717) is 0 Å². The molecule has 0 N–H and O–H groups in total. The van der Waals surface area contributed by atoms with Crippen LogP contribution in [0.2, 0.25) is 0 Å². The largest absolute Gasteiger partial charge is 0.0622 e. The van der Waals surface area contributed by atoms with Crippen LogP contribution in [-0.4, -0.2) is 0 Å². The van der Waals surface area contributed by atoms with Gasteiger partial charge in [0, 0.05) is 5.41 Å². The van der Waals surface area contributed by atoms with Crippen molar-refractivity contribution in [1.29, 1.82) is 0 Å². The molecular weight excluding hydrogens is 589 g/mol. The van der Waals surface area contributed by atoms with Crippen LogP contribution in [0.15, 0.2) is 170 Å². The van der Waals surface area contributed by atoms with Crippen LogP contribution in [0.1, 0.15) is 25.0 Å². The molecule has 0 heteroatoms. The van der Waals surface area contributed by atoms with Crippen LogP contribution in [-0.2, 0) is 5.41 Å². The zero-order valence-corrected chi connectivity index (χ0v) is 27.7. The number of benzene rings is 9. The average Bonchev–Trinajstić information content (AvgIpc) is 3.39. The van der Waals surface area contributed by atoms with Crippen LogP contribution in [0, 0.1) is 0 Å². The molecule has 230 valence electrons. The maximum absolute atomic E-state index is 2.50. The Kier molecular flexibility index (Phi) is 6.02. The van der Waals surface area contributed by atoms with Crippen LogP contribution >= 0.6 is 0 Å². The van der Waals surface area contributed by atoms with E-state index in [2.05, 4.69) is 184 Å². The highest BCUT2D eigenvalue weighted by atomic mass is 14.4. The van der Waals surface area contributed by atoms with Gasteiger partial charge in [0.1, 0.15) is 0 Å². The van der Waals surface area contributed by atoms with Gasteiger partial charge in [0.2, 0.25) is 0 Å². The number of hydrogen-bond donors (Lipinski definition) is 0. The van der Waals surface area contributed by atoms with Crippen LogP contribution in [0.5, 0.6) is 0 Å². The highest BCUT2D eigenvalue weighted by Crippen LogP contribution is 2.55. The molecule has 1 aliphatic carbocycles. The second-order valence-corrected chi connectivity index (χ2v) is 14.0. The minimum atomic E-state index is -0.0784. The van der Waals surface area contributed by atoms with Gasteiger partial charge >= 0.3 is 0 Å². The highest BCUT2D eigenvalue weighted by molar-refractivity contribution is 6.26. The minimum Gasteiger partial charge on any atom is -0.0622 e. The number of hydrogen-bond acceptors (Lipinski definition) is 0. The summed E-state index contributed by atoms with van der Waals surface area (Å²) in [7, 11) is 0. The molecule has 0 nitrogen and oxygen atoms in total. The summed E-state index contributed by atoms with van der Waals surface area (Å²) in [5.41, 5.74) is 13.1. The summed E-state index contributed by atoms with van der Waals surface area (Å²) < 4.78 is 0. The standard InChI is InChI=1S/C49H34/c1-49(2)45-27-15-14-21-36(45)44-30-43(35-20-8-13-26-42(35)48(44)49)47-39-24-11-9-22-37(39)46(38-23-10-12-25-40(38)47)41-29-28-32(31-16-4-3-5-17-31)33-18-6-7-19-34(33)41/h3-30H,1-2H3. The van der Waals surface area contributed by atoms with Gasteiger partial charge in [0.05, 0.1) is 0 Å². The van der Waals surface area contributed by atoms with E-state index >= 15 is 0 Å². The van der Waals surface area contributed by atoms with Crippen LogP contribution < -0.4 is 0 Å². The molecule has 0 atom stereocenters. The number of fused-ring (bicyclic) bond motifs is 8. The molecule has 0 saturated carbocycles. The van der Waals surface area contributed by atoms with Gasteiger partial charge in [-0.1, -0.05) is 178 Å². The SMILES string of the molecule is CC1(C)c2ccccc2-c2cc(-c3c4ccccc4c(-c4ccc(-c5ccccc5)c5ccccc45)c4ccccc34)c3ccccc3c21. The van der Waals surface area contributed by atoms with Gasteiger partial charge in [0.25, 0.3) is 0 Å². The second-order valence-electron chi connectivity index (χ2n) is 14.0. The molecule has 0 heterocycles. The zero-order valence-electron chi connectivity index (χ0n) is 27.7. The average molecular weight is 623 g/mol. The van der Waals surface area contributed by atoms with Crippen molar-refractivity contribution >= 4 is 43.1 Å². The Bertz CT molecular complexity index is 2720. The van der Waals surface area contributed by atoms with Crippen molar-refractivity contribution in [2.75, 3.05) is 0 Å². The van der Waals surface area contributed by atoms with E-state index in [1.54, 1.807) is 0 Å². The van der Waals surface area contributed by atoms with E-state index in [1.807, 2.05) is 0 Å². The molecule has 10 rings (SSSR count). The first-order valence-electron chi connectivity index (χ1n) is 17.3. The molecule has 0 fully saturated rings. The third kappa shape index (κ3) is 3.98. The molecule has 0 bridgehead atoms. The Morgan fingerprint density at radius 3 is 1.35 bits per heavy atom. The van der Waals surface area contributed by atoms with Crippen molar-refractivity contribution in [1.82, 2.24) is 0 Å². The Morgan fingerprint density at radius 1 is 0.306 bits per heavy atom. The summed E-state index contributed by atoms with van der Waals surface area (Å²) in [6.07, 6.45) is 0. The predicted octanol–water partition coefficient (Wildman–Crippen LogP) is 13.6. The lowest BCUT2D eigenvalue weighted by Gasteiger charge is -2.25.